The molecular weight excluding hydrogens is 823 g/mol. The van der Waals surface area contributed by atoms with Gasteiger partial charge in [-0.3, -0.25) is 0 Å². The van der Waals surface area contributed by atoms with E-state index in [-0.39, 0.29) is 0 Å². The Morgan fingerprint density at radius 2 is 0.574 bits per heavy atom. The van der Waals surface area contributed by atoms with Crippen molar-refractivity contribution >= 4 is 53.9 Å². The number of hydrogen-bond acceptors (Lipinski definition) is 3. The lowest BCUT2D eigenvalue weighted by molar-refractivity contribution is 1.08. The molecule has 0 aliphatic rings. The van der Waals surface area contributed by atoms with Gasteiger partial charge < -0.3 is 0 Å². The fourth-order valence-electron chi connectivity index (χ4n) is 10.4. The summed E-state index contributed by atoms with van der Waals surface area (Å²) in [4.78, 5) is 15.9. The van der Waals surface area contributed by atoms with Gasteiger partial charge in [0.15, 0.2) is 17.5 Å². The molecule has 316 valence electrons. The van der Waals surface area contributed by atoms with Crippen LogP contribution in [0.15, 0.2) is 249 Å². The smallest absolute Gasteiger partial charge is 0.164 e. The third-order valence-corrected chi connectivity index (χ3v) is 13.5. The van der Waals surface area contributed by atoms with Gasteiger partial charge in [-0.05, 0) is 111 Å². The van der Waals surface area contributed by atoms with E-state index in [1.54, 1.807) is 0 Å². The van der Waals surface area contributed by atoms with Crippen LogP contribution in [-0.4, -0.2) is 15.0 Å². The van der Waals surface area contributed by atoms with E-state index >= 15 is 0 Å². The van der Waals surface area contributed by atoms with E-state index in [2.05, 4.69) is 237 Å². The molecular formula is C65H41N3. The van der Waals surface area contributed by atoms with Gasteiger partial charge in [0.25, 0.3) is 0 Å². The molecule has 3 heteroatoms. The van der Waals surface area contributed by atoms with Crippen molar-refractivity contribution in [3.8, 4) is 78.7 Å². The Kier molecular flexibility index (Phi) is 9.50. The lowest BCUT2D eigenvalue weighted by atomic mass is 9.82. The van der Waals surface area contributed by atoms with Crippen LogP contribution in [0.25, 0.3) is 133 Å². The largest absolute Gasteiger partial charge is 0.208 e. The molecule has 13 aromatic rings. The van der Waals surface area contributed by atoms with E-state index in [4.69, 9.17) is 15.0 Å². The highest BCUT2D eigenvalue weighted by molar-refractivity contribution is 6.27. The van der Waals surface area contributed by atoms with Crippen molar-refractivity contribution in [1.82, 2.24) is 15.0 Å². The predicted molar refractivity (Wildman–Crippen MR) is 285 cm³/mol. The Morgan fingerprint density at radius 3 is 1.19 bits per heavy atom. The SMILES string of the molecule is c1ccc(-c2ccc(-c3nc(-c4ccccc4-c4ccccc4)nc(-c4ccc(-c5c6ccccc6c(-c6cc7ccccc7c7ccccc67)c6ccccc56)c5ccccc45)n3)cc2)cc1. The average Bonchev–Trinajstić information content (AvgIpc) is 3.42. The molecule has 0 aliphatic carbocycles. The van der Waals surface area contributed by atoms with Gasteiger partial charge in [0.05, 0.1) is 0 Å². The molecule has 0 N–H and O–H groups in total. The highest BCUT2D eigenvalue weighted by Crippen LogP contribution is 2.48. The minimum absolute atomic E-state index is 0.620. The summed E-state index contributed by atoms with van der Waals surface area (Å²) in [6, 6.07) is 89.0. The molecule has 13 rings (SSSR count). The molecule has 0 amide bonds. The van der Waals surface area contributed by atoms with E-state index in [0.29, 0.717) is 17.5 Å². The predicted octanol–water partition coefficient (Wildman–Crippen LogP) is 17.3. The van der Waals surface area contributed by atoms with E-state index in [1.165, 1.54) is 59.8 Å². The van der Waals surface area contributed by atoms with E-state index in [0.717, 1.165) is 55.3 Å². The van der Waals surface area contributed by atoms with E-state index in [1.807, 2.05) is 12.1 Å². The van der Waals surface area contributed by atoms with Gasteiger partial charge in [-0.2, -0.15) is 0 Å². The lowest BCUT2D eigenvalue weighted by Crippen LogP contribution is -2.02. The van der Waals surface area contributed by atoms with Crippen LogP contribution in [0, 0.1) is 0 Å². The summed E-state index contributed by atoms with van der Waals surface area (Å²) >= 11 is 0. The number of fused-ring (bicyclic) bond motifs is 6. The van der Waals surface area contributed by atoms with Crippen LogP contribution in [0.1, 0.15) is 0 Å². The van der Waals surface area contributed by atoms with Gasteiger partial charge >= 0.3 is 0 Å². The first-order valence-corrected chi connectivity index (χ1v) is 23.2. The molecule has 0 saturated carbocycles. The Balaban J connectivity index is 1.03. The summed E-state index contributed by atoms with van der Waals surface area (Å²) in [6.07, 6.45) is 0. The quantitative estimate of drug-likeness (QED) is 0.118. The van der Waals surface area contributed by atoms with E-state index in [9.17, 15) is 0 Å². The topological polar surface area (TPSA) is 38.7 Å². The van der Waals surface area contributed by atoms with Gasteiger partial charge in [0.2, 0.25) is 0 Å². The van der Waals surface area contributed by atoms with Crippen molar-refractivity contribution in [3.63, 3.8) is 0 Å². The van der Waals surface area contributed by atoms with Crippen LogP contribution in [0.5, 0.6) is 0 Å². The molecule has 68 heavy (non-hydrogen) atoms. The summed E-state index contributed by atoms with van der Waals surface area (Å²) in [6.45, 7) is 0. The Hall–Kier alpha value is -9.05. The number of benzene rings is 12. The molecule has 3 nitrogen and oxygen atoms in total. The highest BCUT2D eigenvalue weighted by atomic mass is 15.0. The van der Waals surface area contributed by atoms with Crippen molar-refractivity contribution in [1.29, 1.82) is 0 Å². The second-order valence-electron chi connectivity index (χ2n) is 17.4. The third-order valence-electron chi connectivity index (χ3n) is 13.5. The zero-order valence-corrected chi connectivity index (χ0v) is 37.0. The van der Waals surface area contributed by atoms with Gasteiger partial charge in [-0.1, -0.05) is 237 Å². The molecule has 0 radical (unpaired) electrons. The summed E-state index contributed by atoms with van der Waals surface area (Å²) in [7, 11) is 0. The fourth-order valence-corrected chi connectivity index (χ4v) is 10.4. The fraction of sp³-hybridized carbons (Fsp3) is 0. The second-order valence-corrected chi connectivity index (χ2v) is 17.4. The van der Waals surface area contributed by atoms with Crippen molar-refractivity contribution in [2.24, 2.45) is 0 Å². The van der Waals surface area contributed by atoms with Crippen LogP contribution in [0.2, 0.25) is 0 Å². The lowest BCUT2D eigenvalue weighted by Gasteiger charge is -2.21. The summed E-state index contributed by atoms with van der Waals surface area (Å²) < 4.78 is 0. The maximum atomic E-state index is 5.37. The number of nitrogens with zero attached hydrogens (tertiary/aromatic N) is 3. The maximum absolute atomic E-state index is 5.37. The monoisotopic (exact) mass is 863 g/mol. The first kappa shape index (κ1) is 39.3. The van der Waals surface area contributed by atoms with Crippen LogP contribution in [0.3, 0.4) is 0 Å². The number of aromatic nitrogens is 3. The van der Waals surface area contributed by atoms with Crippen LogP contribution in [0.4, 0.5) is 0 Å². The van der Waals surface area contributed by atoms with Gasteiger partial charge in [-0.25, -0.2) is 15.0 Å². The summed E-state index contributed by atoms with van der Waals surface area (Å²) in [5, 5.41) is 12.1. The van der Waals surface area contributed by atoms with Gasteiger partial charge in [-0.15, -0.1) is 0 Å². The van der Waals surface area contributed by atoms with Crippen molar-refractivity contribution in [3.05, 3.63) is 249 Å². The molecule has 0 unspecified atom stereocenters. The Morgan fingerprint density at radius 1 is 0.191 bits per heavy atom. The molecule has 0 aliphatic heterocycles. The molecule has 0 fully saturated rings. The third kappa shape index (κ3) is 6.63. The Labute approximate surface area is 394 Å². The maximum Gasteiger partial charge on any atom is 0.164 e. The average molecular weight is 864 g/mol. The van der Waals surface area contributed by atoms with Crippen molar-refractivity contribution in [2.75, 3.05) is 0 Å². The van der Waals surface area contributed by atoms with Crippen LogP contribution < -0.4 is 0 Å². The second kappa shape index (κ2) is 16.4. The van der Waals surface area contributed by atoms with E-state index < -0.39 is 0 Å². The standard InChI is InChI=1S/C65H41N3/c1-3-19-42(20-4-1)43-35-37-45(38-36-43)63-66-64(58-34-18-9-24-47(58)44-21-5-2-6-22-44)68-65(67-63)59-40-39-57(50-27-11-12-28-51(50)59)61-53-30-14-16-32-55(53)62(56-33-17-15-31-54(56)61)60-41-46-23-7-8-25-48(46)49-26-10-13-29-52(49)60/h1-41H. The van der Waals surface area contributed by atoms with Crippen LogP contribution in [-0.2, 0) is 0 Å². The summed E-state index contributed by atoms with van der Waals surface area (Å²) in [5.74, 6) is 1.86. The van der Waals surface area contributed by atoms with Crippen molar-refractivity contribution in [2.45, 2.75) is 0 Å². The zero-order chi connectivity index (χ0) is 45.0. The van der Waals surface area contributed by atoms with Gasteiger partial charge in [0, 0.05) is 16.7 Å². The minimum atomic E-state index is 0.620. The molecule has 12 aromatic carbocycles. The first-order valence-electron chi connectivity index (χ1n) is 23.2. The molecule has 0 saturated heterocycles. The minimum Gasteiger partial charge on any atom is -0.208 e. The molecule has 0 atom stereocenters. The summed E-state index contributed by atoms with van der Waals surface area (Å²) in [5.41, 5.74) is 12.1. The highest BCUT2D eigenvalue weighted by Gasteiger charge is 2.22. The zero-order valence-electron chi connectivity index (χ0n) is 37.0. The molecule has 1 aromatic heterocycles. The van der Waals surface area contributed by atoms with Crippen LogP contribution >= 0.6 is 0 Å². The normalized spacial score (nSPS) is 11.5. The number of rotatable bonds is 7. The van der Waals surface area contributed by atoms with Crippen molar-refractivity contribution < 1.29 is 0 Å². The molecule has 0 bridgehead atoms. The Bertz CT molecular complexity index is 4010. The first-order chi connectivity index (χ1) is 33.7. The van der Waals surface area contributed by atoms with Gasteiger partial charge in [0.1, 0.15) is 0 Å². The molecule has 0 spiro atoms. The molecule has 1 heterocycles. The number of hydrogen-bond donors (Lipinski definition) is 0.